The first-order chi connectivity index (χ1) is 11.5. The van der Waals surface area contributed by atoms with Crippen LogP contribution in [0.4, 0.5) is 22.0 Å². The van der Waals surface area contributed by atoms with Gasteiger partial charge in [0, 0.05) is 25.2 Å². The Balaban J connectivity index is 2.80. The zero-order valence-electron chi connectivity index (χ0n) is 15.0. The molecule has 0 spiro atoms. The van der Waals surface area contributed by atoms with Gasteiger partial charge in [-0.2, -0.15) is 13.2 Å². The van der Waals surface area contributed by atoms with Crippen LogP contribution in [0.2, 0.25) is 0 Å². The molecule has 0 aliphatic carbocycles. The van der Waals surface area contributed by atoms with Crippen molar-refractivity contribution in [2.75, 3.05) is 13.1 Å². The first kappa shape index (κ1) is 21.6. The molecule has 0 aromatic carbocycles. The van der Waals surface area contributed by atoms with Gasteiger partial charge in [-0.25, -0.2) is 13.8 Å². The molecule has 1 saturated heterocycles. The van der Waals surface area contributed by atoms with Crippen molar-refractivity contribution >= 4 is 6.21 Å². The number of allylic oxidation sites excluding steroid dienone is 3. The van der Waals surface area contributed by atoms with Crippen molar-refractivity contribution in [2.45, 2.75) is 58.7 Å². The zero-order chi connectivity index (χ0) is 19.3. The van der Waals surface area contributed by atoms with Gasteiger partial charge in [0.25, 0.3) is 5.92 Å². The summed E-state index contributed by atoms with van der Waals surface area (Å²) in [6.07, 6.45) is -2.32. The van der Waals surface area contributed by atoms with E-state index in [0.717, 1.165) is 17.9 Å². The van der Waals surface area contributed by atoms with Crippen LogP contribution >= 0.6 is 0 Å². The summed E-state index contributed by atoms with van der Waals surface area (Å²) in [7, 11) is 0. The van der Waals surface area contributed by atoms with Crippen molar-refractivity contribution in [1.29, 1.82) is 0 Å². The largest absolute Gasteiger partial charge is 0.417 e. The van der Waals surface area contributed by atoms with Gasteiger partial charge in [0.15, 0.2) is 0 Å². The van der Waals surface area contributed by atoms with Crippen molar-refractivity contribution in [1.82, 2.24) is 10.6 Å². The van der Waals surface area contributed by atoms with Crippen molar-refractivity contribution in [3.63, 3.8) is 0 Å². The molecule has 0 amide bonds. The van der Waals surface area contributed by atoms with Gasteiger partial charge >= 0.3 is 6.18 Å². The SMILES string of the molecule is C\C=C(/C=N\C(NCC1NCC(F)(F)CC1C)=C(\C)CC)C(F)(F)F. The lowest BCUT2D eigenvalue weighted by Gasteiger charge is -2.35. The summed E-state index contributed by atoms with van der Waals surface area (Å²) in [5.74, 6) is -2.64. The number of hydrogen-bond donors (Lipinski definition) is 2. The number of rotatable bonds is 6. The molecule has 1 rings (SSSR count). The Morgan fingerprint density at radius 1 is 1.36 bits per heavy atom. The van der Waals surface area contributed by atoms with Crippen LogP contribution in [0.3, 0.4) is 0 Å². The summed E-state index contributed by atoms with van der Waals surface area (Å²) in [5, 5.41) is 5.80. The number of piperidine rings is 1. The average molecular weight is 367 g/mol. The van der Waals surface area contributed by atoms with Gasteiger partial charge in [-0.3, -0.25) is 0 Å². The Labute approximate surface area is 145 Å². The Morgan fingerprint density at radius 3 is 2.48 bits per heavy atom. The van der Waals surface area contributed by atoms with Gasteiger partial charge in [0.05, 0.1) is 12.1 Å². The lowest BCUT2D eigenvalue weighted by molar-refractivity contribution is -0.0857. The number of halogens is 5. The Hall–Kier alpha value is -1.44. The molecule has 0 aromatic heterocycles. The Morgan fingerprint density at radius 2 is 2.00 bits per heavy atom. The van der Waals surface area contributed by atoms with Crippen LogP contribution in [-0.4, -0.2) is 37.4 Å². The van der Waals surface area contributed by atoms with Crippen molar-refractivity contribution in [3.05, 3.63) is 23.0 Å². The minimum absolute atomic E-state index is 0.196. The number of aliphatic imine (C=N–C) groups is 1. The minimum Gasteiger partial charge on any atom is -0.369 e. The summed E-state index contributed by atoms with van der Waals surface area (Å²) in [4.78, 5) is 3.95. The van der Waals surface area contributed by atoms with Gasteiger partial charge in [-0.05, 0) is 31.8 Å². The van der Waals surface area contributed by atoms with E-state index < -0.39 is 24.2 Å². The number of nitrogens with one attached hydrogen (secondary N) is 2. The summed E-state index contributed by atoms with van der Waals surface area (Å²) < 4.78 is 65.0. The molecule has 0 bridgehead atoms. The molecule has 0 aromatic rings. The first-order valence-electron chi connectivity index (χ1n) is 8.32. The second kappa shape index (κ2) is 8.78. The molecule has 25 heavy (non-hydrogen) atoms. The number of nitrogens with zero attached hydrogens (tertiary/aromatic N) is 1. The van der Waals surface area contributed by atoms with Gasteiger partial charge < -0.3 is 10.6 Å². The molecular formula is C17H26F5N3. The number of alkyl halides is 5. The monoisotopic (exact) mass is 367 g/mol. The van der Waals surface area contributed by atoms with Gasteiger partial charge in [-0.1, -0.05) is 19.9 Å². The standard InChI is InChI=1S/C17H26F5N3/c1-5-11(3)15(23-8-13(6-2)17(20,21)22)24-9-14-12(4)7-16(18,19)10-25-14/h6,8,12,14,24-25H,5,7,9-10H2,1-4H3/b13-6+,15-11+,23-8-. The van der Waals surface area contributed by atoms with Crippen LogP contribution in [0.5, 0.6) is 0 Å². The van der Waals surface area contributed by atoms with E-state index in [1.54, 1.807) is 13.8 Å². The fraction of sp³-hybridized carbons (Fsp3) is 0.706. The van der Waals surface area contributed by atoms with E-state index in [1.807, 2.05) is 6.92 Å². The van der Waals surface area contributed by atoms with E-state index in [4.69, 9.17) is 0 Å². The summed E-state index contributed by atoms with van der Waals surface area (Å²) >= 11 is 0. The van der Waals surface area contributed by atoms with Crippen LogP contribution in [-0.2, 0) is 0 Å². The minimum atomic E-state index is -4.46. The Bertz CT molecular complexity index is 535. The molecule has 3 nitrogen and oxygen atoms in total. The maximum Gasteiger partial charge on any atom is 0.417 e. The third kappa shape index (κ3) is 6.76. The second-order valence-corrected chi connectivity index (χ2v) is 6.39. The normalized spacial score (nSPS) is 25.9. The molecule has 1 fully saturated rings. The smallest absolute Gasteiger partial charge is 0.369 e. The van der Waals surface area contributed by atoms with Crippen LogP contribution in [0.25, 0.3) is 0 Å². The summed E-state index contributed by atoms with van der Waals surface area (Å²) in [6.45, 7) is 6.59. The molecule has 1 aliphatic rings. The highest BCUT2D eigenvalue weighted by Gasteiger charge is 2.39. The second-order valence-electron chi connectivity index (χ2n) is 6.39. The van der Waals surface area contributed by atoms with E-state index in [-0.39, 0.29) is 18.4 Å². The molecule has 0 radical (unpaired) electrons. The number of hydrogen-bond acceptors (Lipinski definition) is 3. The maximum absolute atomic E-state index is 13.3. The molecule has 2 unspecified atom stereocenters. The van der Waals surface area contributed by atoms with Crippen molar-refractivity contribution in [2.24, 2.45) is 10.9 Å². The van der Waals surface area contributed by atoms with Crippen LogP contribution in [0.1, 0.15) is 40.5 Å². The molecule has 0 saturated carbocycles. The highest BCUT2D eigenvalue weighted by Crippen LogP contribution is 2.29. The molecule has 2 N–H and O–H groups in total. The van der Waals surface area contributed by atoms with Gasteiger partial charge in [0.2, 0.25) is 0 Å². The van der Waals surface area contributed by atoms with E-state index in [0.29, 0.717) is 18.8 Å². The maximum atomic E-state index is 13.3. The van der Waals surface area contributed by atoms with Crippen LogP contribution < -0.4 is 10.6 Å². The highest BCUT2D eigenvalue weighted by atomic mass is 19.4. The summed E-state index contributed by atoms with van der Waals surface area (Å²) in [5.41, 5.74) is -0.0397. The lowest BCUT2D eigenvalue weighted by atomic mass is 9.90. The molecule has 8 heteroatoms. The van der Waals surface area contributed by atoms with E-state index in [2.05, 4.69) is 15.6 Å². The quantitative estimate of drug-likeness (QED) is 0.538. The fourth-order valence-corrected chi connectivity index (χ4v) is 2.57. The topological polar surface area (TPSA) is 36.4 Å². The van der Waals surface area contributed by atoms with Crippen molar-refractivity contribution < 1.29 is 22.0 Å². The lowest BCUT2D eigenvalue weighted by Crippen LogP contribution is -2.53. The average Bonchev–Trinajstić information content (AvgIpc) is 2.49. The molecular weight excluding hydrogens is 341 g/mol. The van der Waals surface area contributed by atoms with E-state index >= 15 is 0 Å². The molecule has 2 atom stereocenters. The van der Waals surface area contributed by atoms with Crippen molar-refractivity contribution in [3.8, 4) is 0 Å². The third-order valence-corrected chi connectivity index (χ3v) is 4.33. The van der Waals surface area contributed by atoms with E-state index in [1.165, 1.54) is 6.92 Å². The third-order valence-electron chi connectivity index (χ3n) is 4.33. The zero-order valence-corrected chi connectivity index (χ0v) is 15.0. The van der Waals surface area contributed by atoms with Crippen LogP contribution in [0.15, 0.2) is 28.0 Å². The fourth-order valence-electron chi connectivity index (χ4n) is 2.57. The summed E-state index contributed by atoms with van der Waals surface area (Å²) in [6, 6.07) is -0.196. The Kier molecular flexibility index (Phi) is 7.59. The van der Waals surface area contributed by atoms with Crippen LogP contribution in [0, 0.1) is 5.92 Å². The predicted octanol–water partition coefficient (Wildman–Crippen LogP) is 4.43. The molecule has 1 aliphatic heterocycles. The predicted molar refractivity (Wildman–Crippen MR) is 89.8 cm³/mol. The van der Waals surface area contributed by atoms with E-state index in [9.17, 15) is 22.0 Å². The van der Waals surface area contributed by atoms with Gasteiger partial charge in [0.1, 0.15) is 5.82 Å². The molecule has 1 heterocycles. The first-order valence-corrected chi connectivity index (χ1v) is 8.32. The highest BCUT2D eigenvalue weighted by molar-refractivity contribution is 5.80. The molecule has 144 valence electrons. The van der Waals surface area contributed by atoms with Gasteiger partial charge in [-0.15, -0.1) is 0 Å².